The SMILES string of the molecule is CCN(CC)c1ccc(NC(=S)NC(=O)c2ccc(-c3ccc(Cl)cc3Cl)o2)c(C)c1. The topological polar surface area (TPSA) is 57.5 Å². The summed E-state index contributed by atoms with van der Waals surface area (Å²) in [5.74, 6) is 0.138. The minimum atomic E-state index is -0.453. The summed E-state index contributed by atoms with van der Waals surface area (Å²) < 4.78 is 5.66. The highest BCUT2D eigenvalue weighted by Crippen LogP contribution is 2.31. The number of carbonyl (C=O) groups is 1. The Morgan fingerprint density at radius 3 is 2.45 bits per heavy atom. The quantitative estimate of drug-likeness (QED) is 0.396. The Balaban J connectivity index is 1.66. The van der Waals surface area contributed by atoms with E-state index in [4.69, 9.17) is 39.8 Å². The molecule has 31 heavy (non-hydrogen) atoms. The van der Waals surface area contributed by atoms with E-state index in [0.717, 1.165) is 30.0 Å². The van der Waals surface area contributed by atoms with Gasteiger partial charge in [0, 0.05) is 35.1 Å². The molecule has 8 heteroatoms. The van der Waals surface area contributed by atoms with E-state index in [2.05, 4.69) is 35.4 Å². The summed E-state index contributed by atoms with van der Waals surface area (Å²) in [7, 11) is 0. The lowest BCUT2D eigenvalue weighted by atomic mass is 10.1. The largest absolute Gasteiger partial charge is 0.451 e. The number of amides is 1. The van der Waals surface area contributed by atoms with Crippen LogP contribution in [0, 0.1) is 6.92 Å². The Hall–Kier alpha value is -2.54. The number of halogens is 2. The molecule has 2 N–H and O–H groups in total. The molecular weight excluding hydrogens is 453 g/mol. The fourth-order valence-electron chi connectivity index (χ4n) is 3.19. The number of nitrogens with zero attached hydrogens (tertiary/aromatic N) is 1. The summed E-state index contributed by atoms with van der Waals surface area (Å²) in [6, 6.07) is 14.4. The second kappa shape index (κ2) is 10.2. The normalized spacial score (nSPS) is 10.6. The van der Waals surface area contributed by atoms with Crippen LogP contribution < -0.4 is 15.5 Å². The van der Waals surface area contributed by atoms with E-state index in [1.807, 2.05) is 19.1 Å². The highest BCUT2D eigenvalue weighted by atomic mass is 35.5. The van der Waals surface area contributed by atoms with Crippen LogP contribution in [0.25, 0.3) is 11.3 Å². The molecule has 0 spiro atoms. The maximum atomic E-state index is 12.5. The molecule has 0 radical (unpaired) electrons. The molecule has 3 aromatic rings. The summed E-state index contributed by atoms with van der Waals surface area (Å²) in [5, 5.41) is 6.86. The third-order valence-electron chi connectivity index (χ3n) is 4.84. The van der Waals surface area contributed by atoms with Crippen molar-refractivity contribution in [3.8, 4) is 11.3 Å². The van der Waals surface area contributed by atoms with Crippen molar-refractivity contribution in [2.24, 2.45) is 0 Å². The van der Waals surface area contributed by atoms with Gasteiger partial charge >= 0.3 is 0 Å². The third-order valence-corrected chi connectivity index (χ3v) is 5.59. The van der Waals surface area contributed by atoms with E-state index < -0.39 is 5.91 Å². The van der Waals surface area contributed by atoms with Gasteiger partial charge in [-0.25, -0.2) is 0 Å². The van der Waals surface area contributed by atoms with Crippen LogP contribution in [0.5, 0.6) is 0 Å². The first-order valence-electron chi connectivity index (χ1n) is 9.85. The Morgan fingerprint density at radius 1 is 1.06 bits per heavy atom. The van der Waals surface area contributed by atoms with Crippen molar-refractivity contribution in [3.05, 3.63) is 69.9 Å². The molecule has 0 unspecified atom stereocenters. The second-order valence-electron chi connectivity index (χ2n) is 6.87. The molecule has 1 amide bonds. The Morgan fingerprint density at radius 2 is 1.81 bits per heavy atom. The minimum absolute atomic E-state index is 0.124. The van der Waals surface area contributed by atoms with Crippen molar-refractivity contribution >= 4 is 57.8 Å². The smallest absolute Gasteiger partial charge is 0.293 e. The summed E-state index contributed by atoms with van der Waals surface area (Å²) in [6.45, 7) is 8.11. The highest BCUT2D eigenvalue weighted by molar-refractivity contribution is 7.80. The molecule has 0 bridgehead atoms. The molecular formula is C23H23Cl2N3O2S. The number of hydrogen-bond acceptors (Lipinski definition) is 4. The number of rotatable bonds is 6. The van der Waals surface area contributed by atoms with Gasteiger partial charge in [-0.15, -0.1) is 0 Å². The third kappa shape index (κ3) is 5.58. The molecule has 0 aliphatic heterocycles. The maximum Gasteiger partial charge on any atom is 0.293 e. The molecule has 162 valence electrons. The molecule has 1 aromatic heterocycles. The number of nitrogens with one attached hydrogen (secondary N) is 2. The summed E-state index contributed by atoms with van der Waals surface area (Å²) >= 11 is 17.4. The monoisotopic (exact) mass is 475 g/mol. The van der Waals surface area contributed by atoms with E-state index >= 15 is 0 Å². The molecule has 3 rings (SSSR count). The first-order valence-corrected chi connectivity index (χ1v) is 11.0. The number of aryl methyl sites for hydroxylation is 1. The van der Waals surface area contributed by atoms with Gasteiger partial charge in [0.05, 0.1) is 5.02 Å². The van der Waals surface area contributed by atoms with Gasteiger partial charge in [-0.05, 0) is 87.1 Å². The number of anilines is 2. The molecule has 5 nitrogen and oxygen atoms in total. The minimum Gasteiger partial charge on any atom is -0.451 e. The molecule has 0 saturated heterocycles. The molecule has 0 aliphatic rings. The van der Waals surface area contributed by atoms with Gasteiger partial charge in [0.2, 0.25) is 0 Å². The predicted molar refractivity (Wildman–Crippen MR) is 133 cm³/mol. The van der Waals surface area contributed by atoms with Crippen molar-refractivity contribution in [2.45, 2.75) is 20.8 Å². The van der Waals surface area contributed by atoms with Crippen LogP contribution in [0.4, 0.5) is 11.4 Å². The highest BCUT2D eigenvalue weighted by Gasteiger charge is 2.16. The van der Waals surface area contributed by atoms with Crippen molar-refractivity contribution in [1.82, 2.24) is 5.32 Å². The van der Waals surface area contributed by atoms with E-state index in [9.17, 15) is 4.79 Å². The molecule has 1 heterocycles. The standard InChI is InChI=1S/C23H23Cl2N3O2S/c1-4-28(5-2)16-7-9-19(14(3)12-16)26-23(31)27-22(29)21-11-10-20(30-21)17-8-6-15(24)13-18(17)25/h6-13H,4-5H2,1-3H3,(H2,26,27,29,31). The number of thiocarbonyl (C=S) groups is 1. The number of furan rings is 1. The van der Waals surface area contributed by atoms with Gasteiger partial charge in [0.15, 0.2) is 10.9 Å². The van der Waals surface area contributed by atoms with Crippen molar-refractivity contribution in [1.29, 1.82) is 0 Å². The van der Waals surface area contributed by atoms with Crippen LogP contribution in [0.15, 0.2) is 52.9 Å². The molecule has 0 atom stereocenters. The van der Waals surface area contributed by atoms with E-state index in [0.29, 0.717) is 21.4 Å². The zero-order chi connectivity index (χ0) is 22.5. The number of carbonyl (C=O) groups excluding carboxylic acids is 1. The lowest BCUT2D eigenvalue weighted by molar-refractivity contribution is 0.0951. The first-order chi connectivity index (χ1) is 14.8. The first kappa shape index (κ1) is 23.1. The maximum absolute atomic E-state index is 12.5. The Labute approximate surface area is 197 Å². The summed E-state index contributed by atoms with van der Waals surface area (Å²) in [5.41, 5.74) is 3.65. The molecule has 0 saturated carbocycles. The Bertz CT molecular complexity index is 1110. The zero-order valence-electron chi connectivity index (χ0n) is 17.5. The fraction of sp³-hybridized carbons (Fsp3) is 0.217. The van der Waals surface area contributed by atoms with E-state index in [1.165, 1.54) is 0 Å². The predicted octanol–water partition coefficient (Wildman–Crippen LogP) is 6.53. The molecule has 0 fully saturated rings. The molecule has 0 aliphatic carbocycles. The lowest BCUT2D eigenvalue weighted by Gasteiger charge is -2.22. The van der Waals surface area contributed by atoms with Crippen LogP contribution >= 0.6 is 35.4 Å². The zero-order valence-corrected chi connectivity index (χ0v) is 19.8. The average molecular weight is 476 g/mol. The average Bonchev–Trinajstić information content (AvgIpc) is 3.21. The fourth-order valence-corrected chi connectivity index (χ4v) is 3.89. The van der Waals surface area contributed by atoms with Crippen LogP contribution in [-0.4, -0.2) is 24.1 Å². The van der Waals surface area contributed by atoms with Crippen LogP contribution in [0.2, 0.25) is 10.0 Å². The molecule has 2 aromatic carbocycles. The van der Waals surface area contributed by atoms with E-state index in [-0.39, 0.29) is 10.9 Å². The van der Waals surface area contributed by atoms with Gasteiger partial charge in [-0.2, -0.15) is 0 Å². The van der Waals surface area contributed by atoms with Crippen LogP contribution in [0.1, 0.15) is 30.0 Å². The van der Waals surface area contributed by atoms with Crippen LogP contribution in [0.3, 0.4) is 0 Å². The van der Waals surface area contributed by atoms with Gasteiger partial charge in [-0.1, -0.05) is 23.2 Å². The van der Waals surface area contributed by atoms with Crippen molar-refractivity contribution < 1.29 is 9.21 Å². The van der Waals surface area contributed by atoms with Gasteiger partial charge in [0.25, 0.3) is 5.91 Å². The van der Waals surface area contributed by atoms with Crippen LogP contribution in [-0.2, 0) is 0 Å². The summed E-state index contributed by atoms with van der Waals surface area (Å²) in [4.78, 5) is 14.8. The van der Waals surface area contributed by atoms with Gasteiger partial charge in [-0.3, -0.25) is 10.1 Å². The second-order valence-corrected chi connectivity index (χ2v) is 8.12. The summed E-state index contributed by atoms with van der Waals surface area (Å²) in [6.07, 6.45) is 0. The number of benzene rings is 2. The lowest BCUT2D eigenvalue weighted by Crippen LogP contribution is -2.34. The van der Waals surface area contributed by atoms with Crippen molar-refractivity contribution in [2.75, 3.05) is 23.3 Å². The van der Waals surface area contributed by atoms with Crippen molar-refractivity contribution in [3.63, 3.8) is 0 Å². The number of hydrogen-bond donors (Lipinski definition) is 2. The van der Waals surface area contributed by atoms with Gasteiger partial charge < -0.3 is 14.6 Å². The Kier molecular flexibility index (Phi) is 7.59. The van der Waals surface area contributed by atoms with E-state index in [1.54, 1.807) is 30.3 Å². The van der Waals surface area contributed by atoms with Gasteiger partial charge in [0.1, 0.15) is 5.76 Å².